The third-order valence-electron chi connectivity index (χ3n) is 3.61. The zero-order valence-electron chi connectivity index (χ0n) is 11.8. The zero-order valence-corrected chi connectivity index (χ0v) is 15.0. The summed E-state index contributed by atoms with van der Waals surface area (Å²) in [5, 5.41) is 3.44. The van der Waals surface area contributed by atoms with Crippen molar-refractivity contribution >= 4 is 39.0 Å². The summed E-state index contributed by atoms with van der Waals surface area (Å²) in [7, 11) is 0. The molecule has 3 rings (SSSR count). The Morgan fingerprint density at radius 3 is 3.00 bits per heavy atom. The Kier molecular flexibility index (Phi) is 5.04. The number of rotatable bonds is 4. The Morgan fingerprint density at radius 2 is 2.24 bits per heavy atom. The minimum absolute atomic E-state index is 0.0619. The number of halogens is 2. The van der Waals surface area contributed by atoms with Crippen LogP contribution in [0.1, 0.15) is 33.8 Å². The molecule has 112 valence electrons. The number of thioether (sulfide) groups is 1. The SMILES string of the molecule is CCNC(c1cc2c(s1)CCSC2)c1cc(Br)ccc1F. The molecule has 1 aromatic heterocycles. The van der Waals surface area contributed by atoms with Gasteiger partial charge in [0.25, 0.3) is 0 Å². The Balaban J connectivity index is 2.01. The second-order valence-electron chi connectivity index (χ2n) is 5.06. The van der Waals surface area contributed by atoms with Gasteiger partial charge in [-0.25, -0.2) is 4.39 Å². The Labute approximate surface area is 141 Å². The molecule has 5 heteroatoms. The second-order valence-corrected chi connectivity index (χ2v) is 8.25. The number of fused-ring (bicyclic) bond motifs is 1. The molecule has 0 fully saturated rings. The molecule has 1 atom stereocenters. The summed E-state index contributed by atoms with van der Waals surface area (Å²) in [5.74, 6) is 2.14. The summed E-state index contributed by atoms with van der Waals surface area (Å²) < 4.78 is 15.2. The van der Waals surface area contributed by atoms with Gasteiger partial charge in [-0.3, -0.25) is 0 Å². The van der Waals surface area contributed by atoms with Crippen LogP contribution in [0.2, 0.25) is 0 Å². The standard InChI is InChI=1S/C16H17BrFNS2/c1-2-19-16(12-8-11(17)3-4-13(12)18)15-7-10-9-20-6-5-14(10)21-15/h3-4,7-8,16,19H,2,5-6,9H2,1H3. The zero-order chi connectivity index (χ0) is 14.8. The Bertz CT molecular complexity index is 618. The van der Waals surface area contributed by atoms with E-state index in [1.165, 1.54) is 27.1 Å². The number of nitrogens with one attached hydrogen (secondary N) is 1. The van der Waals surface area contributed by atoms with Crippen molar-refractivity contribution < 1.29 is 4.39 Å². The van der Waals surface area contributed by atoms with Gasteiger partial charge in [-0.2, -0.15) is 11.8 Å². The molecular formula is C16H17BrFNS2. The minimum Gasteiger partial charge on any atom is -0.306 e. The molecule has 1 aliphatic heterocycles. The summed E-state index contributed by atoms with van der Waals surface area (Å²) in [4.78, 5) is 2.70. The van der Waals surface area contributed by atoms with E-state index in [0.29, 0.717) is 0 Å². The van der Waals surface area contributed by atoms with Gasteiger partial charge in [0.1, 0.15) is 5.82 Å². The van der Waals surface area contributed by atoms with Crippen LogP contribution in [0.5, 0.6) is 0 Å². The Hall–Kier alpha value is -0.360. The number of hydrogen-bond acceptors (Lipinski definition) is 3. The number of aryl methyl sites for hydroxylation is 1. The maximum atomic E-state index is 14.3. The number of thiophene rings is 1. The van der Waals surface area contributed by atoms with Gasteiger partial charge in [0.05, 0.1) is 6.04 Å². The summed E-state index contributed by atoms with van der Waals surface area (Å²) in [5.41, 5.74) is 2.15. The van der Waals surface area contributed by atoms with Crippen molar-refractivity contribution in [1.82, 2.24) is 5.32 Å². The van der Waals surface area contributed by atoms with Crippen molar-refractivity contribution in [1.29, 1.82) is 0 Å². The monoisotopic (exact) mass is 385 g/mol. The van der Waals surface area contributed by atoms with Gasteiger partial charge >= 0.3 is 0 Å². The van der Waals surface area contributed by atoms with Gasteiger partial charge in [0, 0.05) is 25.5 Å². The van der Waals surface area contributed by atoms with E-state index in [-0.39, 0.29) is 11.9 Å². The fourth-order valence-corrected chi connectivity index (χ4v) is 5.47. The molecule has 0 saturated heterocycles. The highest BCUT2D eigenvalue weighted by molar-refractivity contribution is 9.10. The van der Waals surface area contributed by atoms with E-state index in [9.17, 15) is 4.39 Å². The van der Waals surface area contributed by atoms with Gasteiger partial charge < -0.3 is 5.32 Å². The molecule has 0 bridgehead atoms. The van der Waals surface area contributed by atoms with Crippen LogP contribution in [0.3, 0.4) is 0 Å². The number of hydrogen-bond donors (Lipinski definition) is 1. The van der Waals surface area contributed by atoms with Crippen LogP contribution in [0, 0.1) is 5.82 Å². The van der Waals surface area contributed by atoms with Gasteiger partial charge in [-0.1, -0.05) is 22.9 Å². The van der Waals surface area contributed by atoms with Crippen molar-refractivity contribution in [3.8, 4) is 0 Å². The smallest absolute Gasteiger partial charge is 0.128 e. The largest absolute Gasteiger partial charge is 0.306 e. The highest BCUT2D eigenvalue weighted by atomic mass is 79.9. The lowest BCUT2D eigenvalue weighted by Crippen LogP contribution is -2.22. The van der Waals surface area contributed by atoms with Gasteiger partial charge in [-0.15, -0.1) is 11.3 Å². The van der Waals surface area contributed by atoms with Crippen LogP contribution in [-0.2, 0) is 12.2 Å². The molecule has 0 amide bonds. The van der Waals surface area contributed by atoms with E-state index < -0.39 is 0 Å². The molecule has 0 radical (unpaired) electrons. The van der Waals surface area contributed by atoms with Crippen LogP contribution in [0.25, 0.3) is 0 Å². The molecule has 1 unspecified atom stereocenters. The maximum absolute atomic E-state index is 14.3. The molecule has 2 heterocycles. The van der Waals surface area contributed by atoms with Crippen LogP contribution in [0.15, 0.2) is 28.7 Å². The quantitative estimate of drug-likeness (QED) is 0.781. The molecule has 1 nitrogen and oxygen atoms in total. The molecular weight excluding hydrogens is 369 g/mol. The van der Waals surface area contributed by atoms with Crippen molar-refractivity contribution in [2.45, 2.75) is 25.1 Å². The lowest BCUT2D eigenvalue weighted by atomic mass is 10.0. The van der Waals surface area contributed by atoms with Crippen LogP contribution in [-0.4, -0.2) is 12.3 Å². The second kappa shape index (κ2) is 6.82. The fraction of sp³-hybridized carbons (Fsp3) is 0.375. The third kappa shape index (κ3) is 3.36. The topological polar surface area (TPSA) is 12.0 Å². The molecule has 2 aromatic rings. The maximum Gasteiger partial charge on any atom is 0.128 e. The van der Waals surface area contributed by atoms with Crippen molar-refractivity contribution in [2.24, 2.45) is 0 Å². The molecule has 0 saturated carbocycles. The fourth-order valence-electron chi connectivity index (χ4n) is 2.62. The molecule has 1 aliphatic rings. The number of benzene rings is 1. The van der Waals surface area contributed by atoms with Crippen molar-refractivity contribution in [2.75, 3.05) is 12.3 Å². The Morgan fingerprint density at radius 1 is 1.38 bits per heavy atom. The van der Waals surface area contributed by atoms with E-state index in [1.807, 2.05) is 29.2 Å². The average molecular weight is 386 g/mol. The van der Waals surface area contributed by atoms with Crippen molar-refractivity contribution in [3.63, 3.8) is 0 Å². The third-order valence-corrected chi connectivity index (χ3v) is 6.41. The molecule has 0 aliphatic carbocycles. The first kappa shape index (κ1) is 15.5. The van der Waals surface area contributed by atoms with E-state index >= 15 is 0 Å². The van der Waals surface area contributed by atoms with Gasteiger partial charge in [0.2, 0.25) is 0 Å². The summed E-state index contributed by atoms with van der Waals surface area (Å²) >= 11 is 7.27. The predicted octanol–water partition coefficient (Wildman–Crippen LogP) is 5.14. The van der Waals surface area contributed by atoms with Crippen LogP contribution < -0.4 is 5.32 Å². The van der Waals surface area contributed by atoms with Crippen molar-refractivity contribution in [3.05, 3.63) is 55.4 Å². The van der Waals surface area contributed by atoms with Crippen LogP contribution >= 0.6 is 39.0 Å². The normalized spacial score (nSPS) is 15.8. The lowest BCUT2D eigenvalue weighted by Gasteiger charge is -2.18. The van der Waals surface area contributed by atoms with Crippen LogP contribution in [0.4, 0.5) is 4.39 Å². The molecule has 0 spiro atoms. The van der Waals surface area contributed by atoms with Gasteiger partial charge in [0.15, 0.2) is 0 Å². The molecule has 1 aromatic carbocycles. The summed E-state index contributed by atoms with van der Waals surface area (Å²) in [6.07, 6.45) is 1.14. The first-order valence-electron chi connectivity index (χ1n) is 7.06. The first-order chi connectivity index (χ1) is 10.2. The molecule has 1 N–H and O–H groups in total. The van der Waals surface area contributed by atoms with E-state index in [1.54, 1.807) is 6.07 Å². The van der Waals surface area contributed by atoms with E-state index in [0.717, 1.165) is 28.8 Å². The minimum atomic E-state index is -0.148. The highest BCUT2D eigenvalue weighted by Crippen LogP contribution is 2.37. The van der Waals surface area contributed by atoms with Gasteiger partial charge in [-0.05, 0) is 48.5 Å². The first-order valence-corrected chi connectivity index (χ1v) is 9.83. The predicted molar refractivity (Wildman–Crippen MR) is 93.8 cm³/mol. The summed E-state index contributed by atoms with van der Waals surface area (Å²) in [6, 6.07) is 7.37. The summed E-state index contributed by atoms with van der Waals surface area (Å²) in [6.45, 7) is 2.88. The molecule has 21 heavy (non-hydrogen) atoms. The highest BCUT2D eigenvalue weighted by Gasteiger charge is 2.22. The average Bonchev–Trinajstić information content (AvgIpc) is 2.91. The van der Waals surface area contributed by atoms with E-state index in [4.69, 9.17) is 0 Å². The lowest BCUT2D eigenvalue weighted by molar-refractivity contribution is 0.562. The van der Waals surface area contributed by atoms with E-state index in [2.05, 4.69) is 34.2 Å².